The van der Waals surface area contributed by atoms with Crippen molar-refractivity contribution in [3.63, 3.8) is 0 Å². The van der Waals surface area contributed by atoms with Crippen LogP contribution in [0, 0.1) is 5.92 Å². The number of methoxy groups -OCH3 is 1. The highest BCUT2D eigenvalue weighted by atomic mass is 16.5. The number of hydrogen-bond acceptors (Lipinski definition) is 3. The summed E-state index contributed by atoms with van der Waals surface area (Å²) >= 11 is 0. The molecule has 0 unspecified atom stereocenters. The van der Waals surface area contributed by atoms with Crippen molar-refractivity contribution in [3.8, 4) is 0 Å². The smallest absolute Gasteiger partial charge is 0.319 e. The molecule has 1 saturated heterocycles. The molecule has 0 aromatic heterocycles. The van der Waals surface area contributed by atoms with Gasteiger partial charge in [0, 0.05) is 20.2 Å². The van der Waals surface area contributed by atoms with E-state index in [0.717, 1.165) is 6.42 Å². The number of hydrogen-bond donors (Lipinski definition) is 1. The van der Waals surface area contributed by atoms with E-state index in [0.29, 0.717) is 38.2 Å². The van der Waals surface area contributed by atoms with Crippen molar-refractivity contribution in [2.75, 3.05) is 40.0 Å². The molecule has 6 nitrogen and oxygen atoms in total. The Morgan fingerprint density at radius 1 is 1.35 bits per heavy atom. The van der Waals surface area contributed by atoms with Crippen LogP contribution in [0.3, 0.4) is 0 Å². The molecule has 3 rings (SSSR count). The Morgan fingerprint density at radius 2 is 2.13 bits per heavy atom. The molecule has 1 saturated carbocycles. The van der Waals surface area contributed by atoms with Crippen molar-refractivity contribution >= 4 is 11.9 Å². The van der Waals surface area contributed by atoms with E-state index < -0.39 is 0 Å². The molecule has 2 aliphatic rings. The summed E-state index contributed by atoms with van der Waals surface area (Å²) in [6, 6.07) is 10.2. The van der Waals surface area contributed by atoms with Crippen LogP contribution in [0.5, 0.6) is 0 Å². The van der Waals surface area contributed by atoms with Gasteiger partial charge < -0.3 is 15.0 Å². The predicted molar refractivity (Wildman–Crippen MR) is 85.9 cm³/mol. The largest absolute Gasteiger partial charge is 0.383 e. The summed E-state index contributed by atoms with van der Waals surface area (Å²) in [4.78, 5) is 27.2. The molecule has 2 fully saturated rings. The standard InChI is InChI=1S/C17H23N3O3/c1-23-8-7-19-12-20(11-16(19)21)17(22)18-10-14-9-15(14)13-5-3-2-4-6-13/h2-6,14-15H,7-12H2,1H3,(H,18,22)/t14-,15-/m1/s1. The summed E-state index contributed by atoms with van der Waals surface area (Å²) < 4.78 is 4.98. The quantitative estimate of drug-likeness (QED) is 0.859. The maximum Gasteiger partial charge on any atom is 0.319 e. The third-order valence-electron chi connectivity index (χ3n) is 4.54. The maximum atomic E-state index is 12.2. The third kappa shape index (κ3) is 3.82. The second-order valence-corrected chi connectivity index (χ2v) is 6.19. The van der Waals surface area contributed by atoms with Crippen LogP contribution >= 0.6 is 0 Å². The van der Waals surface area contributed by atoms with Crippen LogP contribution < -0.4 is 5.32 Å². The molecule has 0 bridgehead atoms. The molecular weight excluding hydrogens is 294 g/mol. The minimum atomic E-state index is -0.156. The first-order valence-electron chi connectivity index (χ1n) is 8.03. The summed E-state index contributed by atoms with van der Waals surface area (Å²) in [5.74, 6) is 1.03. The average Bonchev–Trinajstić information content (AvgIpc) is 3.26. The van der Waals surface area contributed by atoms with E-state index in [1.54, 1.807) is 16.9 Å². The van der Waals surface area contributed by atoms with Gasteiger partial charge in [-0.05, 0) is 23.8 Å². The van der Waals surface area contributed by atoms with Crippen LogP contribution in [-0.2, 0) is 9.53 Å². The van der Waals surface area contributed by atoms with Crippen molar-refractivity contribution in [1.82, 2.24) is 15.1 Å². The molecule has 1 aromatic carbocycles. The number of benzene rings is 1. The Kier molecular flexibility index (Phi) is 4.81. The molecule has 1 heterocycles. The zero-order valence-corrected chi connectivity index (χ0v) is 13.4. The Bertz CT molecular complexity index is 563. The minimum absolute atomic E-state index is 0.0224. The number of urea groups is 1. The van der Waals surface area contributed by atoms with Gasteiger partial charge in [-0.1, -0.05) is 30.3 Å². The number of carbonyl (C=O) groups excluding carboxylic acids is 2. The van der Waals surface area contributed by atoms with Crippen molar-refractivity contribution in [1.29, 1.82) is 0 Å². The van der Waals surface area contributed by atoms with Gasteiger partial charge in [-0.15, -0.1) is 0 Å². The van der Waals surface area contributed by atoms with E-state index >= 15 is 0 Å². The number of carbonyl (C=O) groups is 2. The van der Waals surface area contributed by atoms with Crippen molar-refractivity contribution in [3.05, 3.63) is 35.9 Å². The van der Waals surface area contributed by atoms with Gasteiger partial charge in [0.2, 0.25) is 5.91 Å². The highest BCUT2D eigenvalue weighted by Crippen LogP contribution is 2.46. The molecule has 1 aromatic rings. The molecule has 23 heavy (non-hydrogen) atoms. The highest BCUT2D eigenvalue weighted by molar-refractivity contribution is 5.87. The summed E-state index contributed by atoms with van der Waals surface area (Å²) in [5.41, 5.74) is 1.34. The Morgan fingerprint density at radius 3 is 2.87 bits per heavy atom. The number of ether oxygens (including phenoxy) is 1. The molecule has 1 aliphatic carbocycles. The second-order valence-electron chi connectivity index (χ2n) is 6.19. The van der Waals surface area contributed by atoms with Gasteiger partial charge in [0.25, 0.3) is 0 Å². The lowest BCUT2D eigenvalue weighted by atomic mass is 10.1. The minimum Gasteiger partial charge on any atom is -0.383 e. The fourth-order valence-electron chi connectivity index (χ4n) is 3.04. The van der Waals surface area contributed by atoms with Crippen molar-refractivity contribution < 1.29 is 14.3 Å². The van der Waals surface area contributed by atoms with E-state index in [1.165, 1.54) is 5.56 Å². The predicted octanol–water partition coefficient (Wildman–Crippen LogP) is 1.25. The van der Waals surface area contributed by atoms with Crippen LogP contribution in [-0.4, -0.2) is 61.8 Å². The summed E-state index contributed by atoms with van der Waals surface area (Å²) in [5, 5.41) is 2.96. The van der Waals surface area contributed by atoms with E-state index in [1.807, 2.05) is 18.2 Å². The van der Waals surface area contributed by atoms with E-state index in [2.05, 4.69) is 17.4 Å². The molecular formula is C17H23N3O3. The van der Waals surface area contributed by atoms with Crippen LogP contribution in [0.2, 0.25) is 0 Å². The van der Waals surface area contributed by atoms with Crippen LogP contribution in [0.1, 0.15) is 17.9 Å². The maximum absolute atomic E-state index is 12.2. The normalized spacial score (nSPS) is 23.3. The lowest BCUT2D eigenvalue weighted by molar-refractivity contribution is -0.127. The topological polar surface area (TPSA) is 61.9 Å². The number of rotatable bonds is 6. The molecule has 0 spiro atoms. The summed E-state index contributed by atoms with van der Waals surface area (Å²) in [6.07, 6.45) is 1.11. The molecule has 1 N–H and O–H groups in total. The van der Waals surface area contributed by atoms with Crippen LogP contribution in [0.25, 0.3) is 0 Å². The Balaban J connectivity index is 1.42. The van der Waals surface area contributed by atoms with Gasteiger partial charge in [0.05, 0.1) is 13.3 Å². The zero-order valence-electron chi connectivity index (χ0n) is 13.4. The first-order valence-corrected chi connectivity index (χ1v) is 8.03. The zero-order chi connectivity index (χ0) is 16.2. The first kappa shape index (κ1) is 15.8. The lowest BCUT2D eigenvalue weighted by Gasteiger charge is -2.18. The van der Waals surface area contributed by atoms with Crippen molar-refractivity contribution in [2.45, 2.75) is 12.3 Å². The van der Waals surface area contributed by atoms with Crippen LogP contribution in [0.4, 0.5) is 4.79 Å². The summed E-state index contributed by atoms with van der Waals surface area (Å²) in [7, 11) is 1.60. The van der Waals surface area contributed by atoms with Crippen LogP contribution in [0.15, 0.2) is 30.3 Å². The van der Waals surface area contributed by atoms with Gasteiger partial charge in [-0.25, -0.2) is 4.79 Å². The Hall–Kier alpha value is -2.08. The van der Waals surface area contributed by atoms with Gasteiger partial charge in [-0.2, -0.15) is 0 Å². The lowest BCUT2D eigenvalue weighted by Crippen LogP contribution is -2.40. The van der Waals surface area contributed by atoms with E-state index in [9.17, 15) is 9.59 Å². The third-order valence-corrected chi connectivity index (χ3v) is 4.54. The SMILES string of the molecule is COCCN1CN(C(=O)NC[C@H]2C[C@@H]2c2ccccc2)CC1=O. The van der Waals surface area contributed by atoms with E-state index in [-0.39, 0.29) is 18.5 Å². The molecule has 2 atom stereocenters. The number of nitrogens with zero attached hydrogens (tertiary/aromatic N) is 2. The molecule has 6 heteroatoms. The summed E-state index contributed by atoms with van der Waals surface area (Å²) in [6.45, 7) is 2.18. The van der Waals surface area contributed by atoms with Gasteiger partial charge in [0.15, 0.2) is 0 Å². The number of nitrogens with one attached hydrogen (secondary N) is 1. The molecule has 1 aliphatic heterocycles. The van der Waals surface area contributed by atoms with Gasteiger partial charge in [0.1, 0.15) is 6.54 Å². The molecule has 0 radical (unpaired) electrons. The van der Waals surface area contributed by atoms with Gasteiger partial charge >= 0.3 is 6.03 Å². The average molecular weight is 317 g/mol. The molecule has 3 amide bonds. The monoisotopic (exact) mass is 317 g/mol. The van der Waals surface area contributed by atoms with Gasteiger partial charge in [-0.3, -0.25) is 9.69 Å². The highest BCUT2D eigenvalue weighted by Gasteiger charge is 2.39. The Labute approximate surface area is 136 Å². The fraction of sp³-hybridized carbons (Fsp3) is 0.529. The first-order chi connectivity index (χ1) is 11.2. The fourth-order valence-corrected chi connectivity index (χ4v) is 3.04. The second kappa shape index (κ2) is 7.00. The van der Waals surface area contributed by atoms with E-state index in [4.69, 9.17) is 4.74 Å². The number of amides is 3. The molecule has 124 valence electrons. The van der Waals surface area contributed by atoms with Crippen molar-refractivity contribution in [2.24, 2.45) is 5.92 Å².